The molecule has 1 heterocycles. The zero-order valence-electron chi connectivity index (χ0n) is 6.96. The molecule has 1 rings (SSSR count). The highest BCUT2D eigenvalue weighted by Gasteiger charge is 2.03. The van der Waals surface area contributed by atoms with Gasteiger partial charge >= 0.3 is 0 Å². The van der Waals surface area contributed by atoms with E-state index in [-0.39, 0.29) is 11.5 Å². The summed E-state index contributed by atoms with van der Waals surface area (Å²) >= 11 is 0. The van der Waals surface area contributed by atoms with Gasteiger partial charge in [0.15, 0.2) is 0 Å². The van der Waals surface area contributed by atoms with E-state index in [9.17, 15) is 4.79 Å². The van der Waals surface area contributed by atoms with Crippen LogP contribution in [0.5, 0.6) is 0 Å². The van der Waals surface area contributed by atoms with Crippen LogP contribution in [0.1, 0.15) is 12.6 Å². The van der Waals surface area contributed by atoms with Gasteiger partial charge in [0.1, 0.15) is 5.69 Å². The predicted octanol–water partition coefficient (Wildman–Crippen LogP) is 0.383. The average molecular weight is 166 g/mol. The predicted molar refractivity (Wildman–Crippen MR) is 47.8 cm³/mol. The number of nitrogen functional groups attached to an aromatic ring is 1. The Morgan fingerprint density at radius 2 is 2.33 bits per heavy atom. The Morgan fingerprint density at radius 1 is 1.67 bits per heavy atom. The van der Waals surface area contributed by atoms with Gasteiger partial charge in [-0.1, -0.05) is 0 Å². The summed E-state index contributed by atoms with van der Waals surface area (Å²) in [6, 6.07) is 0. The smallest absolute Gasteiger partial charge is 0.278 e. The fourth-order valence-corrected chi connectivity index (χ4v) is 0.883. The molecular weight excluding hydrogens is 156 g/mol. The Kier molecular flexibility index (Phi) is 2.23. The van der Waals surface area contributed by atoms with Crippen LogP contribution in [0, 0.1) is 6.92 Å². The first-order valence-electron chi connectivity index (χ1n) is 3.50. The summed E-state index contributed by atoms with van der Waals surface area (Å²) in [5, 5.41) is 0. The molecule has 0 spiro atoms. The van der Waals surface area contributed by atoms with Crippen LogP contribution in [0.4, 0.5) is 11.6 Å². The molecule has 1 aromatic heterocycles. The molecular formula is C7H10N4O. The summed E-state index contributed by atoms with van der Waals surface area (Å²) in [6.07, 6.45) is 1.54. The van der Waals surface area contributed by atoms with Gasteiger partial charge in [0.25, 0.3) is 5.56 Å². The third kappa shape index (κ3) is 1.50. The second-order valence-electron chi connectivity index (χ2n) is 2.27. The van der Waals surface area contributed by atoms with E-state index in [0.717, 1.165) is 0 Å². The Hall–Kier alpha value is -1.65. The molecule has 0 aliphatic carbocycles. The van der Waals surface area contributed by atoms with Gasteiger partial charge in [0.2, 0.25) is 5.95 Å². The number of nitrogens with one attached hydrogen (secondary N) is 1. The summed E-state index contributed by atoms with van der Waals surface area (Å²) in [4.78, 5) is 21.2. The fourth-order valence-electron chi connectivity index (χ4n) is 0.883. The Morgan fingerprint density at radius 3 is 2.83 bits per heavy atom. The maximum Gasteiger partial charge on any atom is 0.278 e. The van der Waals surface area contributed by atoms with Crippen molar-refractivity contribution in [2.24, 2.45) is 4.99 Å². The van der Waals surface area contributed by atoms with E-state index in [4.69, 9.17) is 5.73 Å². The molecule has 0 atom stereocenters. The third-order valence-corrected chi connectivity index (χ3v) is 1.35. The van der Waals surface area contributed by atoms with Crippen molar-refractivity contribution in [1.82, 2.24) is 9.97 Å². The number of nitrogens with zero attached hydrogens (tertiary/aromatic N) is 2. The second kappa shape index (κ2) is 3.17. The highest BCUT2D eigenvalue weighted by Crippen LogP contribution is 2.08. The van der Waals surface area contributed by atoms with Crippen LogP contribution in [0.15, 0.2) is 9.79 Å². The topological polar surface area (TPSA) is 84.1 Å². The normalized spacial score (nSPS) is 10.8. The van der Waals surface area contributed by atoms with Gasteiger partial charge < -0.3 is 5.73 Å². The Balaban J connectivity index is 3.38. The monoisotopic (exact) mass is 166 g/mol. The number of aromatic nitrogens is 2. The van der Waals surface area contributed by atoms with Gasteiger partial charge in [0.05, 0.1) is 5.69 Å². The molecule has 0 aliphatic heterocycles. The van der Waals surface area contributed by atoms with Gasteiger partial charge in [-0.15, -0.1) is 0 Å². The van der Waals surface area contributed by atoms with Crippen molar-refractivity contribution in [3.8, 4) is 0 Å². The lowest BCUT2D eigenvalue weighted by molar-refractivity contribution is 1.07. The largest absolute Gasteiger partial charge is 0.369 e. The molecule has 0 aromatic carbocycles. The Bertz CT molecular complexity index is 366. The number of aryl methyl sites for hydroxylation is 1. The highest BCUT2D eigenvalue weighted by molar-refractivity contribution is 5.61. The van der Waals surface area contributed by atoms with Crippen molar-refractivity contribution >= 4 is 17.9 Å². The maximum absolute atomic E-state index is 11.2. The molecule has 0 amide bonds. The number of aliphatic imine (C=N–C) groups is 1. The SMILES string of the molecule is C/C=N\c1c(C)nc(N)[nH]c1=O. The summed E-state index contributed by atoms with van der Waals surface area (Å²) < 4.78 is 0. The van der Waals surface area contributed by atoms with Gasteiger partial charge in [0, 0.05) is 6.21 Å². The quantitative estimate of drug-likeness (QED) is 0.591. The second-order valence-corrected chi connectivity index (χ2v) is 2.27. The molecule has 12 heavy (non-hydrogen) atoms. The number of nitrogens with two attached hydrogens (primary N) is 1. The lowest BCUT2D eigenvalue weighted by Gasteiger charge is -1.98. The molecule has 64 valence electrons. The lowest BCUT2D eigenvalue weighted by atomic mass is 10.4. The molecule has 5 heteroatoms. The molecule has 0 saturated carbocycles. The first-order chi connectivity index (χ1) is 5.65. The van der Waals surface area contributed by atoms with Gasteiger partial charge in [-0.05, 0) is 13.8 Å². The van der Waals surface area contributed by atoms with E-state index in [1.807, 2.05) is 0 Å². The van der Waals surface area contributed by atoms with E-state index in [0.29, 0.717) is 11.4 Å². The molecule has 3 N–H and O–H groups in total. The number of hydrogen-bond acceptors (Lipinski definition) is 4. The van der Waals surface area contributed by atoms with E-state index >= 15 is 0 Å². The Labute approximate surface area is 69.4 Å². The highest BCUT2D eigenvalue weighted by atomic mass is 16.1. The maximum atomic E-state index is 11.2. The molecule has 0 fully saturated rings. The van der Waals surface area contributed by atoms with Crippen molar-refractivity contribution in [3.63, 3.8) is 0 Å². The molecule has 0 unspecified atom stereocenters. The van der Waals surface area contributed by atoms with Crippen molar-refractivity contribution in [2.45, 2.75) is 13.8 Å². The van der Waals surface area contributed by atoms with Gasteiger partial charge in [-0.25, -0.2) is 4.98 Å². The summed E-state index contributed by atoms with van der Waals surface area (Å²) in [5.74, 6) is 0.118. The molecule has 0 bridgehead atoms. The molecule has 5 nitrogen and oxygen atoms in total. The van der Waals surface area contributed by atoms with Crippen LogP contribution < -0.4 is 11.3 Å². The van der Waals surface area contributed by atoms with Crippen LogP contribution >= 0.6 is 0 Å². The fraction of sp³-hybridized carbons (Fsp3) is 0.286. The average Bonchev–Trinajstić information content (AvgIpc) is 1.96. The molecule has 1 aromatic rings. The zero-order chi connectivity index (χ0) is 9.14. The van der Waals surface area contributed by atoms with Crippen molar-refractivity contribution in [2.75, 3.05) is 5.73 Å². The number of aromatic amines is 1. The van der Waals surface area contributed by atoms with E-state index in [2.05, 4.69) is 15.0 Å². The molecule has 0 saturated heterocycles. The van der Waals surface area contributed by atoms with Crippen LogP contribution in [0.2, 0.25) is 0 Å². The first kappa shape index (κ1) is 8.45. The van der Waals surface area contributed by atoms with Crippen LogP contribution in [0.25, 0.3) is 0 Å². The van der Waals surface area contributed by atoms with Crippen molar-refractivity contribution < 1.29 is 0 Å². The van der Waals surface area contributed by atoms with Crippen molar-refractivity contribution in [1.29, 1.82) is 0 Å². The minimum absolute atomic E-state index is 0.118. The molecule has 0 aliphatic rings. The summed E-state index contributed by atoms with van der Waals surface area (Å²) in [6.45, 7) is 3.42. The third-order valence-electron chi connectivity index (χ3n) is 1.35. The number of H-pyrrole nitrogens is 1. The number of rotatable bonds is 1. The minimum Gasteiger partial charge on any atom is -0.369 e. The number of hydrogen-bond donors (Lipinski definition) is 2. The first-order valence-corrected chi connectivity index (χ1v) is 3.50. The van der Waals surface area contributed by atoms with Crippen molar-refractivity contribution in [3.05, 3.63) is 16.0 Å². The summed E-state index contributed by atoms with van der Waals surface area (Å²) in [5.41, 5.74) is 5.85. The van der Waals surface area contributed by atoms with Gasteiger partial charge in [-0.3, -0.25) is 14.8 Å². The van der Waals surface area contributed by atoms with Gasteiger partial charge in [-0.2, -0.15) is 0 Å². The molecule has 0 radical (unpaired) electrons. The number of anilines is 1. The minimum atomic E-state index is -0.307. The van der Waals surface area contributed by atoms with E-state index in [1.54, 1.807) is 13.8 Å². The van der Waals surface area contributed by atoms with Crippen LogP contribution in [-0.2, 0) is 0 Å². The van der Waals surface area contributed by atoms with E-state index in [1.165, 1.54) is 6.21 Å². The van der Waals surface area contributed by atoms with Crippen LogP contribution in [-0.4, -0.2) is 16.2 Å². The zero-order valence-corrected chi connectivity index (χ0v) is 6.96. The lowest BCUT2D eigenvalue weighted by Crippen LogP contribution is -2.12. The van der Waals surface area contributed by atoms with E-state index < -0.39 is 0 Å². The summed E-state index contributed by atoms with van der Waals surface area (Å²) in [7, 11) is 0. The standard InChI is InChI=1S/C7H10N4O/c1-3-9-5-4(2)10-7(8)11-6(5)12/h3H,1-2H3,(H3,8,10,11,12)/b9-3-. The van der Waals surface area contributed by atoms with Crippen LogP contribution in [0.3, 0.4) is 0 Å².